The molecule has 0 aliphatic carbocycles. The second-order valence-corrected chi connectivity index (χ2v) is 7.30. The van der Waals surface area contributed by atoms with Gasteiger partial charge in [0.2, 0.25) is 0 Å². The van der Waals surface area contributed by atoms with E-state index in [4.69, 9.17) is 14.6 Å². The lowest BCUT2D eigenvalue weighted by Crippen LogP contribution is -2.35. The summed E-state index contributed by atoms with van der Waals surface area (Å²) < 4.78 is 12.3. The Labute approximate surface area is 152 Å². The predicted octanol–water partition coefficient (Wildman–Crippen LogP) is 4.56. The summed E-state index contributed by atoms with van der Waals surface area (Å²) in [5.41, 5.74) is 0. The molecule has 0 aromatic rings. The van der Waals surface area contributed by atoms with Crippen LogP contribution >= 0.6 is 0 Å². The highest BCUT2D eigenvalue weighted by Gasteiger charge is 2.48. The summed E-state index contributed by atoms with van der Waals surface area (Å²) in [5, 5.41) is 8.67. The van der Waals surface area contributed by atoms with Gasteiger partial charge >= 0.3 is 5.97 Å². The lowest BCUT2D eigenvalue weighted by Gasteiger charge is -2.28. The number of hydrogen-bond donors (Lipinski definition) is 1. The first-order chi connectivity index (χ1) is 12.2. The summed E-state index contributed by atoms with van der Waals surface area (Å²) in [7, 11) is 0. The molecule has 0 spiro atoms. The molecule has 0 amide bonds. The minimum Gasteiger partial charge on any atom is -0.481 e. The molecule has 2 aliphatic rings. The van der Waals surface area contributed by atoms with Gasteiger partial charge in [-0.3, -0.25) is 4.79 Å². The van der Waals surface area contributed by atoms with E-state index in [1.807, 2.05) is 0 Å². The summed E-state index contributed by atoms with van der Waals surface area (Å²) in [6.45, 7) is 2.90. The van der Waals surface area contributed by atoms with E-state index in [0.29, 0.717) is 24.5 Å². The number of rotatable bonds is 12. The summed E-state index contributed by atoms with van der Waals surface area (Å²) in [6.07, 6.45) is 12.9. The van der Waals surface area contributed by atoms with Crippen molar-refractivity contribution >= 4 is 5.97 Å². The molecule has 4 nitrogen and oxygen atoms in total. The van der Waals surface area contributed by atoms with Gasteiger partial charge in [-0.25, -0.2) is 0 Å². The van der Waals surface area contributed by atoms with Crippen LogP contribution in [0.4, 0.5) is 0 Å². The Kier molecular flexibility index (Phi) is 9.36. The summed E-state index contributed by atoms with van der Waals surface area (Å²) in [5.74, 6) is 6.15. The molecule has 2 aliphatic heterocycles. The van der Waals surface area contributed by atoms with Crippen LogP contribution in [0.3, 0.4) is 0 Å². The molecule has 2 fully saturated rings. The lowest BCUT2D eigenvalue weighted by molar-refractivity contribution is -0.137. The molecule has 4 heteroatoms. The molecule has 2 heterocycles. The van der Waals surface area contributed by atoms with Crippen molar-refractivity contribution in [2.24, 2.45) is 5.92 Å². The van der Waals surface area contributed by atoms with E-state index in [1.54, 1.807) is 0 Å². The molecule has 25 heavy (non-hydrogen) atoms. The first-order valence-corrected chi connectivity index (χ1v) is 10.2. The molecule has 0 radical (unpaired) electrons. The standard InChI is InChI=1S/C21H34O4/c1-2-3-4-5-8-11-16-24-21-17(18-14-15-19(21)25-18)12-9-6-7-10-13-20(22)23/h17-19,21H,2,5-16H2,1H3,(H,22,23)/t17-,18+,19-,21-/m1/s1. The van der Waals surface area contributed by atoms with Gasteiger partial charge in [-0.1, -0.05) is 26.2 Å². The number of carbonyl (C=O) groups is 1. The van der Waals surface area contributed by atoms with Crippen LogP contribution in [-0.2, 0) is 14.3 Å². The van der Waals surface area contributed by atoms with Crippen molar-refractivity contribution in [3.8, 4) is 11.8 Å². The van der Waals surface area contributed by atoms with Gasteiger partial charge in [-0.15, -0.1) is 11.8 Å². The molecule has 4 atom stereocenters. The first-order valence-electron chi connectivity index (χ1n) is 10.2. The number of ether oxygens (including phenoxy) is 2. The van der Waals surface area contributed by atoms with Crippen molar-refractivity contribution in [2.75, 3.05) is 6.61 Å². The van der Waals surface area contributed by atoms with Gasteiger partial charge in [0.15, 0.2) is 0 Å². The van der Waals surface area contributed by atoms with Crippen LogP contribution in [0, 0.1) is 17.8 Å². The Balaban J connectivity index is 1.60. The van der Waals surface area contributed by atoms with Crippen LogP contribution in [-0.4, -0.2) is 36.0 Å². The fourth-order valence-electron chi connectivity index (χ4n) is 4.07. The zero-order chi connectivity index (χ0) is 17.9. The monoisotopic (exact) mass is 350 g/mol. The van der Waals surface area contributed by atoms with Crippen molar-refractivity contribution in [2.45, 2.75) is 102 Å². The van der Waals surface area contributed by atoms with Gasteiger partial charge in [-0.2, -0.15) is 0 Å². The smallest absolute Gasteiger partial charge is 0.303 e. The lowest BCUT2D eigenvalue weighted by atomic mass is 9.83. The molecule has 0 aromatic heterocycles. The maximum absolute atomic E-state index is 10.5. The third-order valence-corrected chi connectivity index (χ3v) is 5.34. The van der Waals surface area contributed by atoms with Crippen LogP contribution in [0.25, 0.3) is 0 Å². The molecular weight excluding hydrogens is 316 g/mol. The highest BCUT2D eigenvalue weighted by atomic mass is 16.6. The van der Waals surface area contributed by atoms with E-state index in [0.717, 1.165) is 70.8 Å². The number of carboxylic acid groups (broad SMARTS) is 1. The average Bonchev–Trinajstić information content (AvgIpc) is 3.19. The van der Waals surface area contributed by atoms with Crippen molar-refractivity contribution in [3.05, 3.63) is 0 Å². The maximum atomic E-state index is 10.5. The molecule has 142 valence electrons. The number of aliphatic carboxylic acids is 1. The number of unbranched alkanes of at least 4 members (excludes halogenated alkanes) is 5. The van der Waals surface area contributed by atoms with Gasteiger partial charge in [0, 0.05) is 31.8 Å². The van der Waals surface area contributed by atoms with Crippen molar-refractivity contribution in [3.63, 3.8) is 0 Å². The third kappa shape index (κ3) is 6.99. The van der Waals surface area contributed by atoms with E-state index in [-0.39, 0.29) is 6.10 Å². The van der Waals surface area contributed by atoms with Crippen LogP contribution in [0.1, 0.15) is 84.0 Å². The highest BCUT2D eigenvalue weighted by Crippen LogP contribution is 2.43. The number of hydrogen-bond acceptors (Lipinski definition) is 3. The second-order valence-electron chi connectivity index (χ2n) is 7.30. The third-order valence-electron chi connectivity index (χ3n) is 5.34. The summed E-state index contributed by atoms with van der Waals surface area (Å²) in [6, 6.07) is 0. The van der Waals surface area contributed by atoms with E-state index in [9.17, 15) is 4.79 Å². The summed E-state index contributed by atoms with van der Waals surface area (Å²) >= 11 is 0. The van der Waals surface area contributed by atoms with Gasteiger partial charge in [0.1, 0.15) is 0 Å². The fourth-order valence-corrected chi connectivity index (χ4v) is 4.07. The molecule has 2 bridgehead atoms. The number of fused-ring (bicyclic) bond motifs is 2. The minimum absolute atomic E-state index is 0.277. The first kappa shape index (κ1) is 20.3. The molecule has 2 rings (SSSR count). The molecule has 0 unspecified atom stereocenters. The molecular formula is C21H34O4. The quantitative estimate of drug-likeness (QED) is 0.414. The Morgan fingerprint density at radius 3 is 2.68 bits per heavy atom. The minimum atomic E-state index is -0.685. The second kappa shape index (κ2) is 11.5. The fraction of sp³-hybridized carbons (Fsp3) is 0.857. The van der Waals surface area contributed by atoms with Crippen LogP contribution < -0.4 is 0 Å². The van der Waals surface area contributed by atoms with Gasteiger partial charge in [0.05, 0.1) is 18.3 Å². The Morgan fingerprint density at radius 2 is 1.88 bits per heavy atom. The van der Waals surface area contributed by atoms with E-state index < -0.39 is 5.97 Å². The Hall–Kier alpha value is -1.05. The molecule has 2 saturated heterocycles. The molecule has 1 N–H and O–H groups in total. The van der Waals surface area contributed by atoms with E-state index in [1.165, 1.54) is 6.42 Å². The van der Waals surface area contributed by atoms with Crippen LogP contribution in [0.5, 0.6) is 0 Å². The van der Waals surface area contributed by atoms with Crippen LogP contribution in [0.15, 0.2) is 0 Å². The Morgan fingerprint density at radius 1 is 1.08 bits per heavy atom. The normalized spacial score (nSPS) is 27.2. The zero-order valence-electron chi connectivity index (χ0n) is 15.7. The SMILES string of the molecule is CCC#CCCCCO[C@@H]1[C@H](CCCCCCC(=O)O)[C@@H]2CC[C@H]1O2. The number of carboxylic acids is 1. The highest BCUT2D eigenvalue weighted by molar-refractivity contribution is 5.66. The van der Waals surface area contributed by atoms with Crippen molar-refractivity contribution in [1.29, 1.82) is 0 Å². The van der Waals surface area contributed by atoms with Gasteiger partial charge in [-0.05, 0) is 38.5 Å². The van der Waals surface area contributed by atoms with Crippen molar-refractivity contribution < 1.29 is 19.4 Å². The average molecular weight is 350 g/mol. The maximum Gasteiger partial charge on any atom is 0.303 e. The van der Waals surface area contributed by atoms with Gasteiger partial charge in [0.25, 0.3) is 0 Å². The molecule has 0 saturated carbocycles. The van der Waals surface area contributed by atoms with E-state index >= 15 is 0 Å². The Bertz CT molecular complexity index is 451. The van der Waals surface area contributed by atoms with Gasteiger partial charge < -0.3 is 14.6 Å². The van der Waals surface area contributed by atoms with Crippen LogP contribution in [0.2, 0.25) is 0 Å². The predicted molar refractivity (Wildman–Crippen MR) is 98.4 cm³/mol. The summed E-state index contributed by atoms with van der Waals surface area (Å²) in [4.78, 5) is 10.5. The molecule has 0 aromatic carbocycles. The largest absolute Gasteiger partial charge is 0.481 e. The zero-order valence-corrected chi connectivity index (χ0v) is 15.7. The van der Waals surface area contributed by atoms with E-state index in [2.05, 4.69) is 18.8 Å². The topological polar surface area (TPSA) is 55.8 Å². The van der Waals surface area contributed by atoms with Crippen molar-refractivity contribution in [1.82, 2.24) is 0 Å².